The number of rotatable bonds is 5. The molecule has 98 valence electrons. The molecule has 0 amide bonds. The van der Waals surface area contributed by atoms with Crippen LogP contribution in [0, 0.1) is 0 Å². The molecule has 2 aromatic rings. The van der Waals surface area contributed by atoms with Crippen LogP contribution in [0.5, 0.6) is 0 Å². The van der Waals surface area contributed by atoms with Crippen LogP contribution in [-0.2, 0) is 17.9 Å². The molecule has 0 N–H and O–H groups in total. The summed E-state index contributed by atoms with van der Waals surface area (Å²) in [6.45, 7) is 2.64. The summed E-state index contributed by atoms with van der Waals surface area (Å²) in [7, 11) is 0. The van der Waals surface area contributed by atoms with Crippen molar-refractivity contribution in [3.8, 4) is 0 Å². The van der Waals surface area contributed by atoms with Crippen molar-refractivity contribution >= 4 is 22.1 Å². The van der Waals surface area contributed by atoms with E-state index in [1.165, 1.54) is 5.56 Å². The zero-order chi connectivity index (χ0) is 13.5. The van der Waals surface area contributed by atoms with Crippen LogP contribution < -0.4 is 0 Å². The molecular formula is C16H16BrNO. The van der Waals surface area contributed by atoms with Gasteiger partial charge in [0.25, 0.3) is 0 Å². The minimum Gasteiger partial charge on any atom is -0.391 e. The molecule has 0 aliphatic rings. The van der Waals surface area contributed by atoms with Gasteiger partial charge in [-0.3, -0.25) is 0 Å². The third-order valence-corrected chi connectivity index (χ3v) is 3.34. The molecule has 0 radical (unpaired) electrons. The number of benzene rings is 2. The molecular weight excluding hydrogens is 302 g/mol. The standard InChI is InChI=1S/C16H16BrNO/c1-2-13-3-5-15(6-4-13)12-19-18-11-14-7-9-16(17)10-8-14/h3-11H,2,12H2,1H3. The number of nitrogens with zero attached hydrogens (tertiary/aromatic N) is 1. The van der Waals surface area contributed by atoms with Gasteiger partial charge in [-0.1, -0.05) is 64.4 Å². The summed E-state index contributed by atoms with van der Waals surface area (Å²) in [5.41, 5.74) is 3.48. The van der Waals surface area contributed by atoms with Gasteiger partial charge in [0, 0.05) is 4.47 Å². The third kappa shape index (κ3) is 4.52. The summed E-state index contributed by atoms with van der Waals surface area (Å²) in [4.78, 5) is 5.29. The second-order valence-corrected chi connectivity index (χ2v) is 5.15. The minimum atomic E-state index is 0.497. The summed E-state index contributed by atoms with van der Waals surface area (Å²) in [5, 5.41) is 3.97. The zero-order valence-electron chi connectivity index (χ0n) is 10.8. The Bertz CT molecular complexity index is 532. The van der Waals surface area contributed by atoms with Gasteiger partial charge in [-0.05, 0) is 35.2 Å². The Balaban J connectivity index is 1.83. The lowest BCUT2D eigenvalue weighted by atomic mass is 10.1. The molecule has 0 spiro atoms. The van der Waals surface area contributed by atoms with Gasteiger partial charge in [-0.2, -0.15) is 0 Å². The van der Waals surface area contributed by atoms with Gasteiger partial charge in [-0.15, -0.1) is 0 Å². The van der Waals surface area contributed by atoms with E-state index in [-0.39, 0.29) is 0 Å². The van der Waals surface area contributed by atoms with Crippen LogP contribution in [0.25, 0.3) is 0 Å². The highest BCUT2D eigenvalue weighted by atomic mass is 79.9. The van der Waals surface area contributed by atoms with Gasteiger partial charge < -0.3 is 4.84 Å². The molecule has 19 heavy (non-hydrogen) atoms. The lowest BCUT2D eigenvalue weighted by Gasteiger charge is -2.01. The van der Waals surface area contributed by atoms with Crippen LogP contribution in [0.3, 0.4) is 0 Å². The van der Waals surface area contributed by atoms with E-state index in [2.05, 4.69) is 52.3 Å². The molecule has 3 heteroatoms. The molecule has 0 bridgehead atoms. The van der Waals surface area contributed by atoms with Crippen LogP contribution in [0.1, 0.15) is 23.6 Å². The monoisotopic (exact) mass is 317 g/mol. The van der Waals surface area contributed by atoms with Crippen molar-refractivity contribution in [2.75, 3.05) is 0 Å². The molecule has 0 heterocycles. The molecule has 2 rings (SSSR count). The number of hydrogen-bond acceptors (Lipinski definition) is 2. The topological polar surface area (TPSA) is 21.6 Å². The van der Waals surface area contributed by atoms with E-state index in [4.69, 9.17) is 4.84 Å². The second kappa shape index (κ2) is 7.10. The van der Waals surface area contributed by atoms with Crippen LogP contribution in [-0.4, -0.2) is 6.21 Å². The van der Waals surface area contributed by atoms with Crippen LogP contribution >= 0.6 is 15.9 Å². The number of aryl methyl sites for hydroxylation is 1. The summed E-state index contributed by atoms with van der Waals surface area (Å²) in [6, 6.07) is 16.3. The van der Waals surface area contributed by atoms with Crippen molar-refractivity contribution < 1.29 is 4.84 Å². The minimum absolute atomic E-state index is 0.497. The first-order valence-electron chi connectivity index (χ1n) is 6.26. The van der Waals surface area contributed by atoms with E-state index in [0.717, 1.165) is 22.0 Å². The molecule has 2 nitrogen and oxygen atoms in total. The van der Waals surface area contributed by atoms with E-state index < -0.39 is 0 Å². The maximum Gasteiger partial charge on any atom is 0.142 e. The predicted molar refractivity (Wildman–Crippen MR) is 82.3 cm³/mol. The van der Waals surface area contributed by atoms with Gasteiger partial charge >= 0.3 is 0 Å². The zero-order valence-corrected chi connectivity index (χ0v) is 12.4. The Morgan fingerprint density at radius 2 is 1.63 bits per heavy atom. The summed E-state index contributed by atoms with van der Waals surface area (Å²) in [6.07, 6.45) is 2.77. The van der Waals surface area contributed by atoms with Crippen molar-refractivity contribution in [3.63, 3.8) is 0 Å². The predicted octanol–water partition coefficient (Wildman–Crippen LogP) is 4.56. The number of halogens is 1. The van der Waals surface area contributed by atoms with Crippen molar-refractivity contribution in [3.05, 3.63) is 69.7 Å². The first-order valence-corrected chi connectivity index (χ1v) is 7.06. The highest BCUT2D eigenvalue weighted by Gasteiger charge is 1.93. The molecule has 0 atom stereocenters. The Labute approximate surface area is 122 Å². The highest BCUT2D eigenvalue weighted by Crippen LogP contribution is 2.09. The molecule has 0 aliphatic carbocycles. The average molecular weight is 318 g/mol. The van der Waals surface area contributed by atoms with Crippen LogP contribution in [0.4, 0.5) is 0 Å². The second-order valence-electron chi connectivity index (χ2n) is 4.23. The van der Waals surface area contributed by atoms with Crippen molar-refractivity contribution in [2.45, 2.75) is 20.0 Å². The molecule has 0 saturated carbocycles. The Hall–Kier alpha value is -1.61. The molecule has 0 fully saturated rings. The van der Waals surface area contributed by atoms with Gasteiger partial charge in [-0.25, -0.2) is 0 Å². The van der Waals surface area contributed by atoms with Crippen LogP contribution in [0.2, 0.25) is 0 Å². The summed E-state index contributed by atoms with van der Waals surface area (Å²) in [5.74, 6) is 0. The largest absolute Gasteiger partial charge is 0.391 e. The normalized spacial score (nSPS) is 10.8. The molecule has 0 aromatic heterocycles. The van der Waals surface area contributed by atoms with E-state index in [9.17, 15) is 0 Å². The van der Waals surface area contributed by atoms with Crippen molar-refractivity contribution in [2.24, 2.45) is 5.16 Å². The number of hydrogen-bond donors (Lipinski definition) is 0. The maximum atomic E-state index is 5.29. The number of oxime groups is 1. The molecule has 0 aliphatic heterocycles. The maximum absolute atomic E-state index is 5.29. The van der Waals surface area contributed by atoms with E-state index >= 15 is 0 Å². The van der Waals surface area contributed by atoms with E-state index in [0.29, 0.717) is 6.61 Å². The van der Waals surface area contributed by atoms with Crippen LogP contribution in [0.15, 0.2) is 58.2 Å². The SMILES string of the molecule is CCc1ccc(CON=Cc2ccc(Br)cc2)cc1. The first kappa shape index (κ1) is 13.8. The van der Waals surface area contributed by atoms with Crippen molar-refractivity contribution in [1.29, 1.82) is 0 Å². The molecule has 0 saturated heterocycles. The van der Waals surface area contributed by atoms with Gasteiger partial charge in [0.15, 0.2) is 0 Å². The fraction of sp³-hybridized carbons (Fsp3) is 0.188. The van der Waals surface area contributed by atoms with Crippen molar-refractivity contribution in [1.82, 2.24) is 0 Å². The van der Waals surface area contributed by atoms with E-state index in [1.54, 1.807) is 6.21 Å². The van der Waals surface area contributed by atoms with Gasteiger partial charge in [0.05, 0.1) is 6.21 Å². The molecule has 0 unspecified atom stereocenters. The average Bonchev–Trinajstić information content (AvgIpc) is 2.46. The summed E-state index contributed by atoms with van der Waals surface area (Å²) >= 11 is 3.39. The van der Waals surface area contributed by atoms with E-state index in [1.807, 2.05) is 24.3 Å². The van der Waals surface area contributed by atoms with Gasteiger partial charge in [0.2, 0.25) is 0 Å². The lowest BCUT2D eigenvalue weighted by Crippen LogP contribution is -1.89. The third-order valence-electron chi connectivity index (χ3n) is 2.81. The quantitative estimate of drug-likeness (QED) is 0.585. The Kier molecular flexibility index (Phi) is 5.16. The highest BCUT2D eigenvalue weighted by molar-refractivity contribution is 9.10. The fourth-order valence-electron chi connectivity index (χ4n) is 1.63. The fourth-order valence-corrected chi connectivity index (χ4v) is 1.89. The smallest absolute Gasteiger partial charge is 0.142 e. The summed E-state index contributed by atoms with van der Waals surface area (Å²) < 4.78 is 1.06. The lowest BCUT2D eigenvalue weighted by molar-refractivity contribution is 0.132. The first-order chi connectivity index (χ1) is 9.28. The molecule has 2 aromatic carbocycles. The van der Waals surface area contributed by atoms with Gasteiger partial charge in [0.1, 0.15) is 6.61 Å². The Morgan fingerprint density at radius 3 is 2.26 bits per heavy atom. The Morgan fingerprint density at radius 1 is 1.00 bits per heavy atom.